The fourth-order valence-electron chi connectivity index (χ4n) is 2.17. The van der Waals surface area contributed by atoms with Crippen LogP contribution in [0, 0.1) is 12.3 Å². The molecule has 21 heavy (non-hydrogen) atoms. The molecule has 1 aromatic carbocycles. The summed E-state index contributed by atoms with van der Waals surface area (Å²) < 4.78 is 52.2. The predicted octanol–water partition coefficient (Wildman–Crippen LogP) is 1.92. The summed E-state index contributed by atoms with van der Waals surface area (Å²) in [7, 11) is -6.76. The third-order valence-corrected chi connectivity index (χ3v) is 6.84. The van der Waals surface area contributed by atoms with E-state index >= 15 is 0 Å². The van der Waals surface area contributed by atoms with Crippen LogP contribution in [-0.4, -0.2) is 34.9 Å². The molecule has 0 bridgehead atoms. The molecule has 0 saturated carbocycles. The lowest BCUT2D eigenvalue weighted by Gasteiger charge is -2.32. The standard InChI is InChI=1S/C14H20O5S2/c1-12-3-5-13(6-4-12)21(17,18)19-11-14(2)7-9-20(15,16)10-8-14/h3-6H,7-11H2,1-2H3. The number of hydrogen-bond acceptors (Lipinski definition) is 5. The highest BCUT2D eigenvalue weighted by Crippen LogP contribution is 2.33. The summed E-state index contributed by atoms with van der Waals surface area (Å²) in [5.74, 6) is 0.189. The van der Waals surface area contributed by atoms with Gasteiger partial charge in [0.1, 0.15) is 9.84 Å². The van der Waals surface area contributed by atoms with Crippen LogP contribution in [0.1, 0.15) is 25.3 Å². The Morgan fingerprint density at radius 1 is 1.14 bits per heavy atom. The molecule has 7 heteroatoms. The van der Waals surface area contributed by atoms with Crippen molar-refractivity contribution in [1.29, 1.82) is 0 Å². The van der Waals surface area contributed by atoms with Gasteiger partial charge in [0.15, 0.2) is 0 Å². The quantitative estimate of drug-likeness (QED) is 0.787. The first-order valence-electron chi connectivity index (χ1n) is 6.79. The van der Waals surface area contributed by atoms with E-state index in [9.17, 15) is 16.8 Å². The zero-order chi connectivity index (χ0) is 15.7. The Kier molecular flexibility index (Phi) is 4.46. The van der Waals surface area contributed by atoms with E-state index in [0.29, 0.717) is 12.8 Å². The first kappa shape index (κ1) is 16.5. The highest BCUT2D eigenvalue weighted by molar-refractivity contribution is 7.91. The van der Waals surface area contributed by atoms with E-state index in [1.807, 2.05) is 13.8 Å². The minimum Gasteiger partial charge on any atom is -0.266 e. The van der Waals surface area contributed by atoms with Crippen LogP contribution in [0.2, 0.25) is 0 Å². The third-order valence-electron chi connectivity index (χ3n) is 3.91. The molecule has 2 rings (SSSR count). The maximum Gasteiger partial charge on any atom is 0.296 e. The van der Waals surface area contributed by atoms with Crippen LogP contribution in [0.5, 0.6) is 0 Å². The molecule has 0 aromatic heterocycles. The fraction of sp³-hybridized carbons (Fsp3) is 0.571. The van der Waals surface area contributed by atoms with E-state index in [2.05, 4.69) is 0 Å². The van der Waals surface area contributed by atoms with Gasteiger partial charge < -0.3 is 0 Å². The molecule has 0 N–H and O–H groups in total. The van der Waals surface area contributed by atoms with E-state index in [-0.39, 0.29) is 23.0 Å². The molecular formula is C14H20O5S2. The van der Waals surface area contributed by atoms with Crippen LogP contribution in [0.25, 0.3) is 0 Å². The molecule has 0 radical (unpaired) electrons. The van der Waals surface area contributed by atoms with Gasteiger partial charge in [-0.1, -0.05) is 24.6 Å². The molecule has 0 amide bonds. The van der Waals surface area contributed by atoms with Crippen molar-refractivity contribution in [1.82, 2.24) is 0 Å². The molecule has 0 spiro atoms. The molecular weight excluding hydrogens is 312 g/mol. The molecule has 1 fully saturated rings. The summed E-state index contributed by atoms with van der Waals surface area (Å²) in [5.41, 5.74) is 0.557. The Hall–Kier alpha value is -0.920. The van der Waals surface area contributed by atoms with Crippen LogP contribution in [-0.2, 0) is 24.1 Å². The Morgan fingerprint density at radius 2 is 1.67 bits per heavy atom. The summed E-state index contributed by atoms with van der Waals surface area (Å²) >= 11 is 0. The predicted molar refractivity (Wildman–Crippen MR) is 80.3 cm³/mol. The second-order valence-corrected chi connectivity index (χ2v) is 9.91. The van der Waals surface area contributed by atoms with E-state index < -0.39 is 25.4 Å². The lowest BCUT2D eigenvalue weighted by Crippen LogP contribution is -2.35. The molecule has 5 nitrogen and oxygen atoms in total. The molecule has 1 heterocycles. The summed E-state index contributed by atoms with van der Waals surface area (Å²) in [5, 5.41) is 0. The van der Waals surface area contributed by atoms with Crippen molar-refractivity contribution in [3.05, 3.63) is 29.8 Å². The molecule has 1 aliphatic rings. The van der Waals surface area contributed by atoms with Crippen LogP contribution in [0.4, 0.5) is 0 Å². The van der Waals surface area contributed by atoms with Gasteiger partial charge in [-0.25, -0.2) is 8.42 Å². The summed E-state index contributed by atoms with van der Waals surface area (Å²) in [6, 6.07) is 6.45. The SMILES string of the molecule is Cc1ccc(S(=O)(=O)OCC2(C)CCS(=O)(=O)CC2)cc1. The van der Waals surface area contributed by atoms with Gasteiger partial charge in [0.05, 0.1) is 23.0 Å². The van der Waals surface area contributed by atoms with E-state index in [4.69, 9.17) is 4.18 Å². The molecule has 1 saturated heterocycles. The molecule has 0 atom stereocenters. The number of benzene rings is 1. The fourth-order valence-corrected chi connectivity index (χ4v) is 5.02. The molecule has 1 aromatic rings. The van der Waals surface area contributed by atoms with Crippen molar-refractivity contribution in [3.63, 3.8) is 0 Å². The highest BCUT2D eigenvalue weighted by Gasteiger charge is 2.35. The van der Waals surface area contributed by atoms with Crippen LogP contribution < -0.4 is 0 Å². The number of rotatable bonds is 4. The largest absolute Gasteiger partial charge is 0.296 e. The molecule has 0 aliphatic carbocycles. The van der Waals surface area contributed by atoms with Crippen LogP contribution in [0.3, 0.4) is 0 Å². The Labute approximate surface area is 126 Å². The van der Waals surface area contributed by atoms with Crippen molar-refractivity contribution in [3.8, 4) is 0 Å². The Morgan fingerprint density at radius 3 is 2.19 bits per heavy atom. The number of aryl methyl sites for hydroxylation is 1. The third kappa shape index (κ3) is 4.28. The summed E-state index contributed by atoms with van der Waals surface area (Å²) in [6.45, 7) is 3.76. The van der Waals surface area contributed by atoms with Crippen molar-refractivity contribution in [2.24, 2.45) is 5.41 Å². The number of hydrogen-bond donors (Lipinski definition) is 0. The first-order chi connectivity index (χ1) is 9.62. The van der Waals surface area contributed by atoms with Crippen LogP contribution in [0.15, 0.2) is 29.2 Å². The van der Waals surface area contributed by atoms with Gasteiger partial charge in [0.25, 0.3) is 10.1 Å². The van der Waals surface area contributed by atoms with Gasteiger partial charge in [-0.2, -0.15) is 8.42 Å². The topological polar surface area (TPSA) is 77.5 Å². The average Bonchev–Trinajstić information content (AvgIpc) is 2.42. The molecule has 118 valence electrons. The summed E-state index contributed by atoms with van der Waals surface area (Å²) in [6.07, 6.45) is 0.859. The van der Waals surface area contributed by atoms with Gasteiger partial charge in [0, 0.05) is 0 Å². The monoisotopic (exact) mass is 332 g/mol. The van der Waals surface area contributed by atoms with Gasteiger partial charge in [-0.15, -0.1) is 0 Å². The maximum atomic E-state index is 12.1. The van der Waals surface area contributed by atoms with E-state index in [1.165, 1.54) is 12.1 Å². The average molecular weight is 332 g/mol. The highest BCUT2D eigenvalue weighted by atomic mass is 32.2. The second-order valence-electron chi connectivity index (χ2n) is 5.99. The molecule has 0 unspecified atom stereocenters. The minimum atomic E-state index is -3.79. The zero-order valence-corrected chi connectivity index (χ0v) is 13.8. The number of sulfone groups is 1. The van der Waals surface area contributed by atoms with Gasteiger partial charge in [-0.05, 0) is 37.3 Å². The minimum absolute atomic E-state index is 0.0126. The van der Waals surface area contributed by atoms with Crippen molar-refractivity contribution < 1.29 is 21.0 Å². The smallest absolute Gasteiger partial charge is 0.266 e. The normalized spacial score (nSPS) is 21.0. The van der Waals surface area contributed by atoms with Crippen LogP contribution >= 0.6 is 0 Å². The lowest BCUT2D eigenvalue weighted by atomic mass is 9.85. The van der Waals surface area contributed by atoms with Gasteiger partial charge in [-0.3, -0.25) is 4.18 Å². The second kappa shape index (κ2) is 5.70. The summed E-state index contributed by atoms with van der Waals surface area (Å²) in [4.78, 5) is 0.125. The Bertz CT molecular complexity index is 688. The Balaban J connectivity index is 2.03. The van der Waals surface area contributed by atoms with E-state index in [0.717, 1.165) is 5.56 Å². The van der Waals surface area contributed by atoms with Crippen molar-refractivity contribution >= 4 is 20.0 Å². The lowest BCUT2D eigenvalue weighted by molar-refractivity contribution is 0.154. The molecule has 1 aliphatic heterocycles. The van der Waals surface area contributed by atoms with Crippen molar-refractivity contribution in [2.75, 3.05) is 18.1 Å². The van der Waals surface area contributed by atoms with Gasteiger partial charge >= 0.3 is 0 Å². The zero-order valence-electron chi connectivity index (χ0n) is 12.2. The maximum absolute atomic E-state index is 12.1. The first-order valence-corrected chi connectivity index (χ1v) is 10.0. The van der Waals surface area contributed by atoms with Crippen molar-refractivity contribution in [2.45, 2.75) is 31.6 Å². The van der Waals surface area contributed by atoms with Gasteiger partial charge in [0.2, 0.25) is 0 Å². The van der Waals surface area contributed by atoms with E-state index in [1.54, 1.807) is 12.1 Å².